The fourth-order valence-electron chi connectivity index (χ4n) is 3.87. The van der Waals surface area contributed by atoms with Crippen molar-refractivity contribution >= 4 is 17.2 Å². The third kappa shape index (κ3) is 2.69. The molecule has 0 unspecified atom stereocenters. The molecule has 2 aliphatic heterocycles. The van der Waals surface area contributed by atoms with Gasteiger partial charge in [0.15, 0.2) is 0 Å². The Morgan fingerprint density at radius 3 is 2.86 bits per heavy atom. The zero-order chi connectivity index (χ0) is 14.8. The van der Waals surface area contributed by atoms with E-state index in [0.717, 1.165) is 36.6 Å². The van der Waals surface area contributed by atoms with Crippen LogP contribution in [-0.4, -0.2) is 54.5 Å². The van der Waals surface area contributed by atoms with Gasteiger partial charge in [-0.05, 0) is 50.2 Å². The minimum absolute atomic E-state index is 0.160. The molecular weight excluding hydrogens is 284 g/mol. The molecule has 0 aliphatic carbocycles. The lowest BCUT2D eigenvalue weighted by Gasteiger charge is -2.34. The Morgan fingerprint density at radius 2 is 2.10 bits per heavy atom. The molecule has 2 aliphatic rings. The normalized spacial score (nSPS) is 26.5. The van der Waals surface area contributed by atoms with Crippen LogP contribution in [0.5, 0.6) is 5.75 Å². The molecule has 3 heterocycles. The van der Waals surface area contributed by atoms with Crippen molar-refractivity contribution < 1.29 is 9.53 Å². The summed E-state index contributed by atoms with van der Waals surface area (Å²) in [4.78, 5) is 18.3. The topological polar surface area (TPSA) is 32.8 Å². The molecule has 1 aromatic heterocycles. The van der Waals surface area contributed by atoms with E-state index in [1.807, 2.05) is 11.4 Å². The van der Waals surface area contributed by atoms with Gasteiger partial charge in [-0.2, -0.15) is 0 Å². The largest absolute Gasteiger partial charge is 0.495 e. The first kappa shape index (κ1) is 14.9. The zero-order valence-electron chi connectivity index (χ0n) is 12.9. The lowest BCUT2D eigenvalue weighted by molar-refractivity contribution is 0.0652. The molecule has 3 rings (SSSR count). The number of thiophene rings is 1. The molecule has 0 spiro atoms. The zero-order valence-corrected chi connectivity index (χ0v) is 13.7. The average Bonchev–Trinajstić information content (AvgIpc) is 3.23. The van der Waals surface area contributed by atoms with Gasteiger partial charge in [-0.1, -0.05) is 6.92 Å². The fourth-order valence-corrected chi connectivity index (χ4v) is 4.68. The number of hydrogen-bond acceptors (Lipinski definition) is 4. The third-order valence-corrected chi connectivity index (χ3v) is 5.75. The van der Waals surface area contributed by atoms with Crippen LogP contribution in [0.2, 0.25) is 0 Å². The molecule has 0 radical (unpaired) electrons. The van der Waals surface area contributed by atoms with E-state index in [-0.39, 0.29) is 5.91 Å². The highest BCUT2D eigenvalue weighted by Gasteiger charge is 2.40. The van der Waals surface area contributed by atoms with Crippen LogP contribution in [0.25, 0.3) is 0 Å². The number of amides is 1. The monoisotopic (exact) mass is 308 g/mol. The van der Waals surface area contributed by atoms with Crippen LogP contribution >= 0.6 is 11.3 Å². The summed E-state index contributed by atoms with van der Waals surface area (Å²) in [6.45, 7) is 5.38. The van der Waals surface area contributed by atoms with Crippen LogP contribution in [0.1, 0.15) is 42.3 Å². The molecule has 1 amide bonds. The lowest BCUT2D eigenvalue weighted by atomic mass is 10.0. The van der Waals surface area contributed by atoms with Gasteiger partial charge in [0, 0.05) is 18.6 Å². The van der Waals surface area contributed by atoms with Crippen molar-refractivity contribution in [1.29, 1.82) is 0 Å². The Morgan fingerprint density at radius 1 is 1.33 bits per heavy atom. The first-order chi connectivity index (χ1) is 10.3. The Hall–Kier alpha value is -1.07. The van der Waals surface area contributed by atoms with Crippen LogP contribution in [0.3, 0.4) is 0 Å². The number of ether oxygens (including phenoxy) is 1. The van der Waals surface area contributed by atoms with Gasteiger partial charge in [0.1, 0.15) is 10.6 Å². The molecule has 2 fully saturated rings. The summed E-state index contributed by atoms with van der Waals surface area (Å²) in [6, 6.07) is 2.82. The van der Waals surface area contributed by atoms with Gasteiger partial charge in [-0.25, -0.2) is 0 Å². The van der Waals surface area contributed by atoms with Crippen molar-refractivity contribution in [3.63, 3.8) is 0 Å². The molecule has 21 heavy (non-hydrogen) atoms. The number of methoxy groups -OCH3 is 1. The maximum Gasteiger partial charge on any atom is 0.268 e. The molecule has 116 valence electrons. The Balaban J connectivity index is 1.79. The number of likely N-dealkylation sites (N-methyl/N-ethyl adjacent to an activating group) is 1. The van der Waals surface area contributed by atoms with E-state index in [1.165, 1.54) is 30.7 Å². The number of carbonyl (C=O) groups excluding carboxylic acids is 1. The second-order valence-electron chi connectivity index (χ2n) is 5.86. The van der Waals surface area contributed by atoms with Gasteiger partial charge in [-0.15, -0.1) is 11.3 Å². The van der Waals surface area contributed by atoms with Gasteiger partial charge in [0.2, 0.25) is 0 Å². The number of carbonyl (C=O) groups is 1. The molecule has 1 aromatic rings. The van der Waals surface area contributed by atoms with E-state index in [2.05, 4.69) is 16.7 Å². The Bertz CT molecular complexity index is 502. The van der Waals surface area contributed by atoms with E-state index >= 15 is 0 Å². The van der Waals surface area contributed by atoms with Crippen molar-refractivity contribution in [1.82, 2.24) is 9.80 Å². The van der Waals surface area contributed by atoms with Crippen molar-refractivity contribution in [3.8, 4) is 5.75 Å². The minimum Gasteiger partial charge on any atom is -0.495 e. The highest BCUT2D eigenvalue weighted by atomic mass is 32.1. The van der Waals surface area contributed by atoms with Crippen LogP contribution in [0.15, 0.2) is 11.4 Å². The van der Waals surface area contributed by atoms with Crippen molar-refractivity contribution in [2.24, 2.45) is 0 Å². The molecule has 5 heteroatoms. The fraction of sp³-hybridized carbons (Fsp3) is 0.688. The molecule has 2 atom stereocenters. The Labute approximate surface area is 130 Å². The summed E-state index contributed by atoms with van der Waals surface area (Å²) >= 11 is 1.49. The smallest absolute Gasteiger partial charge is 0.268 e. The lowest BCUT2D eigenvalue weighted by Crippen LogP contribution is -2.48. The minimum atomic E-state index is 0.160. The summed E-state index contributed by atoms with van der Waals surface area (Å²) in [5.41, 5.74) is 0. The number of likely N-dealkylation sites (tertiary alicyclic amines) is 2. The SMILES string of the molecule is CCN1CCC[C@@H]1[C@@H]1CCCN1C(=O)c1sccc1OC. The highest BCUT2D eigenvalue weighted by molar-refractivity contribution is 7.12. The summed E-state index contributed by atoms with van der Waals surface area (Å²) in [7, 11) is 1.64. The maximum absolute atomic E-state index is 12.9. The van der Waals surface area contributed by atoms with Gasteiger partial charge < -0.3 is 9.64 Å². The summed E-state index contributed by atoms with van der Waals surface area (Å²) < 4.78 is 5.32. The second kappa shape index (κ2) is 6.36. The van der Waals surface area contributed by atoms with Crippen LogP contribution in [-0.2, 0) is 0 Å². The van der Waals surface area contributed by atoms with Crippen molar-refractivity contribution in [2.75, 3.05) is 26.7 Å². The van der Waals surface area contributed by atoms with E-state index in [1.54, 1.807) is 7.11 Å². The molecule has 0 aromatic carbocycles. The summed E-state index contributed by atoms with van der Waals surface area (Å²) in [5, 5.41) is 1.94. The Kier molecular flexibility index (Phi) is 4.50. The first-order valence-electron chi connectivity index (χ1n) is 7.92. The second-order valence-corrected chi connectivity index (χ2v) is 6.78. The standard InChI is InChI=1S/C16H24N2O2S/c1-3-17-9-4-6-12(17)13-7-5-10-18(13)16(19)15-14(20-2)8-11-21-15/h8,11-13H,3-7,9-10H2,1-2H3/t12-,13+/m1/s1. The van der Waals surface area contributed by atoms with Crippen LogP contribution in [0.4, 0.5) is 0 Å². The number of rotatable bonds is 4. The predicted octanol–water partition coefficient (Wildman–Crippen LogP) is 2.85. The van der Waals surface area contributed by atoms with Gasteiger partial charge in [-0.3, -0.25) is 9.69 Å². The third-order valence-electron chi connectivity index (χ3n) is 4.87. The molecular formula is C16H24N2O2S. The van der Waals surface area contributed by atoms with E-state index < -0.39 is 0 Å². The van der Waals surface area contributed by atoms with Crippen LogP contribution in [0, 0.1) is 0 Å². The maximum atomic E-state index is 12.9. The highest BCUT2D eigenvalue weighted by Crippen LogP contribution is 2.33. The van der Waals surface area contributed by atoms with Gasteiger partial charge in [0.05, 0.1) is 7.11 Å². The van der Waals surface area contributed by atoms with Gasteiger partial charge >= 0.3 is 0 Å². The van der Waals surface area contributed by atoms with Crippen molar-refractivity contribution in [3.05, 3.63) is 16.3 Å². The van der Waals surface area contributed by atoms with E-state index in [4.69, 9.17) is 4.74 Å². The quantitative estimate of drug-likeness (QED) is 0.857. The first-order valence-corrected chi connectivity index (χ1v) is 8.80. The molecule has 4 nitrogen and oxygen atoms in total. The number of nitrogens with zero attached hydrogens (tertiary/aromatic N) is 2. The summed E-state index contributed by atoms with van der Waals surface area (Å²) in [6.07, 6.45) is 4.75. The number of hydrogen-bond donors (Lipinski definition) is 0. The molecule has 0 N–H and O–H groups in total. The van der Waals surface area contributed by atoms with Crippen molar-refractivity contribution in [2.45, 2.75) is 44.7 Å². The predicted molar refractivity (Wildman–Crippen MR) is 85.2 cm³/mol. The van der Waals surface area contributed by atoms with Crippen LogP contribution < -0.4 is 4.74 Å². The molecule has 2 saturated heterocycles. The van der Waals surface area contributed by atoms with E-state index in [0.29, 0.717) is 12.1 Å². The average molecular weight is 308 g/mol. The molecule has 0 bridgehead atoms. The van der Waals surface area contributed by atoms with E-state index in [9.17, 15) is 4.79 Å². The molecule has 0 saturated carbocycles. The van der Waals surface area contributed by atoms with Gasteiger partial charge in [0.25, 0.3) is 5.91 Å². The summed E-state index contributed by atoms with van der Waals surface area (Å²) in [5.74, 6) is 0.877.